The predicted octanol–water partition coefficient (Wildman–Crippen LogP) is 2.21. The molecule has 0 saturated carbocycles. The first-order valence-corrected chi connectivity index (χ1v) is 9.56. The van der Waals surface area contributed by atoms with Crippen molar-refractivity contribution in [2.24, 2.45) is 0 Å². The molecule has 0 unspecified atom stereocenters. The fraction of sp³-hybridized carbons (Fsp3) is 0.143. The van der Waals surface area contributed by atoms with Gasteiger partial charge in [-0.3, -0.25) is 19.7 Å². The molecule has 3 aromatic rings. The summed E-state index contributed by atoms with van der Waals surface area (Å²) in [5.41, 5.74) is 2.04. The Bertz CT molecular complexity index is 1270. The number of hydrogen-bond acceptors (Lipinski definition) is 6. The zero-order chi connectivity index (χ0) is 21.1. The molecule has 1 heterocycles. The van der Waals surface area contributed by atoms with Crippen LogP contribution in [-0.4, -0.2) is 29.8 Å². The summed E-state index contributed by atoms with van der Waals surface area (Å²) in [5.74, 6) is -0.196. The van der Waals surface area contributed by atoms with Gasteiger partial charge >= 0.3 is 0 Å². The molecule has 0 aliphatic heterocycles. The third kappa shape index (κ3) is 4.49. The van der Waals surface area contributed by atoms with Gasteiger partial charge in [-0.05, 0) is 30.2 Å². The highest BCUT2D eigenvalue weighted by Gasteiger charge is 2.15. The van der Waals surface area contributed by atoms with E-state index in [-0.39, 0.29) is 17.0 Å². The van der Waals surface area contributed by atoms with Crippen LogP contribution in [0.1, 0.15) is 21.5 Å². The highest BCUT2D eigenvalue weighted by atomic mass is 32.1. The molecule has 0 bridgehead atoms. The van der Waals surface area contributed by atoms with Crippen LogP contribution in [0.5, 0.6) is 0 Å². The van der Waals surface area contributed by atoms with Gasteiger partial charge in [-0.2, -0.15) is 0 Å². The monoisotopic (exact) mass is 409 g/mol. The number of nitrogens with one attached hydrogen (secondary N) is 1. The Kier molecular flexibility index (Phi) is 5.74. The molecule has 3 rings (SSSR count). The average Bonchev–Trinajstić information content (AvgIpc) is 3.00. The number of hydrogen-bond donors (Lipinski definition) is 1. The van der Waals surface area contributed by atoms with Crippen molar-refractivity contribution in [3.05, 3.63) is 88.8 Å². The third-order valence-corrected chi connectivity index (χ3v) is 5.29. The molecule has 1 N–H and O–H groups in total. The molecule has 0 saturated heterocycles. The minimum absolute atomic E-state index is 0.0433. The Morgan fingerprint density at radius 3 is 2.59 bits per heavy atom. The number of benzene rings is 2. The molecule has 0 fully saturated rings. The van der Waals surface area contributed by atoms with Crippen molar-refractivity contribution in [2.45, 2.75) is 6.92 Å². The Balaban J connectivity index is 2.03. The summed E-state index contributed by atoms with van der Waals surface area (Å²) in [6, 6.07) is 12.0. The second-order valence-corrected chi connectivity index (χ2v) is 7.74. The van der Waals surface area contributed by atoms with Gasteiger partial charge in [0.25, 0.3) is 11.2 Å². The largest absolute Gasteiger partial charge is 0.372 e. The molecule has 0 radical (unpaired) electrons. The first-order valence-electron chi connectivity index (χ1n) is 8.74. The van der Waals surface area contributed by atoms with Crippen LogP contribution in [0.3, 0.4) is 0 Å². The van der Waals surface area contributed by atoms with Crippen LogP contribution in [0, 0.1) is 17.0 Å². The summed E-state index contributed by atoms with van der Waals surface area (Å²) in [7, 11) is 3.45. The number of aryl methyl sites for hydroxylation is 1. The number of anilines is 1. The van der Waals surface area contributed by atoms with E-state index in [4.69, 9.17) is 0 Å². The lowest BCUT2D eigenvalue weighted by atomic mass is 10.1. The zero-order valence-electron chi connectivity index (χ0n) is 16.1. The van der Waals surface area contributed by atoms with E-state index < -0.39 is 4.92 Å². The topological polar surface area (TPSA) is 96.3 Å². The van der Waals surface area contributed by atoms with Crippen LogP contribution in [0.4, 0.5) is 11.4 Å². The Morgan fingerprint density at radius 1 is 1.21 bits per heavy atom. The molecule has 8 heteroatoms. The number of carbonyl (C=O) groups excluding carboxylic acids is 1. The molecule has 0 aliphatic carbocycles. The molecule has 0 atom stereocenters. The second kappa shape index (κ2) is 8.24. The number of aromatic nitrogens is 1. The molecule has 7 nitrogen and oxygen atoms in total. The lowest BCUT2D eigenvalue weighted by molar-refractivity contribution is -0.384. The van der Waals surface area contributed by atoms with E-state index in [2.05, 4.69) is 4.98 Å². The first kappa shape index (κ1) is 20.2. The summed E-state index contributed by atoms with van der Waals surface area (Å²) in [4.78, 5) is 40.0. The summed E-state index contributed by atoms with van der Waals surface area (Å²) >= 11 is 1.13. The average molecular weight is 409 g/mol. The zero-order valence-corrected chi connectivity index (χ0v) is 16.9. The number of nitro benzene ring substituents is 1. The van der Waals surface area contributed by atoms with E-state index >= 15 is 0 Å². The number of H-pyrrole nitrogens is 1. The SMILES string of the molecule is Cc1ccccc1C(=O)/C=c1/[nH]c(=O)/c(=C/c2ccc(N(C)C)c([N+](=O)[O-])c2)s1. The van der Waals surface area contributed by atoms with E-state index in [0.717, 1.165) is 16.9 Å². The van der Waals surface area contributed by atoms with Crippen LogP contribution in [0.2, 0.25) is 0 Å². The second-order valence-electron chi connectivity index (χ2n) is 6.65. The smallest absolute Gasteiger partial charge is 0.293 e. The lowest BCUT2D eigenvalue weighted by Crippen LogP contribution is -2.20. The van der Waals surface area contributed by atoms with Gasteiger partial charge in [-0.15, -0.1) is 11.3 Å². The minimum Gasteiger partial charge on any atom is -0.372 e. The fourth-order valence-electron chi connectivity index (χ4n) is 2.88. The number of aromatic amines is 1. The van der Waals surface area contributed by atoms with Crippen LogP contribution in [-0.2, 0) is 0 Å². The fourth-order valence-corrected chi connectivity index (χ4v) is 3.76. The van der Waals surface area contributed by atoms with Crippen molar-refractivity contribution in [3.8, 4) is 0 Å². The van der Waals surface area contributed by atoms with Gasteiger partial charge in [0, 0.05) is 31.8 Å². The van der Waals surface area contributed by atoms with Crippen molar-refractivity contribution in [1.29, 1.82) is 0 Å². The van der Waals surface area contributed by atoms with Gasteiger partial charge in [0.05, 0.1) is 14.1 Å². The Labute approximate surface area is 170 Å². The van der Waals surface area contributed by atoms with E-state index in [1.807, 2.05) is 19.1 Å². The van der Waals surface area contributed by atoms with Gasteiger partial charge < -0.3 is 9.88 Å². The van der Waals surface area contributed by atoms with Gasteiger partial charge in [0.1, 0.15) is 5.69 Å². The van der Waals surface area contributed by atoms with Gasteiger partial charge in [-0.1, -0.05) is 30.3 Å². The summed E-state index contributed by atoms with van der Waals surface area (Å²) in [6.45, 7) is 1.85. The molecular formula is C21H19N3O4S. The van der Waals surface area contributed by atoms with Crippen LogP contribution >= 0.6 is 11.3 Å². The first-order chi connectivity index (χ1) is 13.8. The minimum atomic E-state index is -0.453. The summed E-state index contributed by atoms with van der Waals surface area (Å²) in [5, 5.41) is 11.3. The van der Waals surface area contributed by atoms with Crippen molar-refractivity contribution in [2.75, 3.05) is 19.0 Å². The molecule has 0 aliphatic rings. The molecule has 2 aromatic carbocycles. The van der Waals surface area contributed by atoms with E-state index in [1.165, 1.54) is 12.1 Å². The van der Waals surface area contributed by atoms with Crippen LogP contribution in [0.25, 0.3) is 12.2 Å². The van der Waals surface area contributed by atoms with Crippen LogP contribution in [0.15, 0.2) is 47.3 Å². The lowest BCUT2D eigenvalue weighted by Gasteiger charge is -2.12. The summed E-state index contributed by atoms with van der Waals surface area (Å²) in [6.07, 6.45) is 2.97. The van der Waals surface area contributed by atoms with Crippen molar-refractivity contribution in [3.63, 3.8) is 0 Å². The maximum atomic E-state index is 12.5. The summed E-state index contributed by atoms with van der Waals surface area (Å²) < 4.78 is 0.787. The number of carbonyl (C=O) groups is 1. The Hall–Kier alpha value is -3.52. The van der Waals surface area contributed by atoms with Gasteiger partial charge in [0.2, 0.25) is 0 Å². The maximum absolute atomic E-state index is 12.5. The molecule has 29 heavy (non-hydrogen) atoms. The third-order valence-electron chi connectivity index (χ3n) is 4.33. The quantitative estimate of drug-likeness (QED) is 0.396. The number of nitrogens with zero attached hydrogens (tertiary/aromatic N) is 2. The Morgan fingerprint density at radius 2 is 1.93 bits per heavy atom. The van der Waals surface area contributed by atoms with E-state index in [0.29, 0.717) is 26.0 Å². The highest BCUT2D eigenvalue weighted by Crippen LogP contribution is 2.27. The maximum Gasteiger partial charge on any atom is 0.293 e. The number of thiazole rings is 1. The highest BCUT2D eigenvalue weighted by molar-refractivity contribution is 7.07. The van der Waals surface area contributed by atoms with E-state index in [9.17, 15) is 19.7 Å². The number of nitro groups is 1. The van der Waals surface area contributed by atoms with E-state index in [1.54, 1.807) is 49.3 Å². The normalized spacial score (nSPS) is 12.2. The molecule has 0 spiro atoms. The van der Waals surface area contributed by atoms with Gasteiger partial charge in [0.15, 0.2) is 5.78 Å². The molecular weight excluding hydrogens is 390 g/mol. The van der Waals surface area contributed by atoms with Gasteiger partial charge in [-0.25, -0.2) is 0 Å². The number of rotatable bonds is 5. The number of Topliss-reactive ketones (excluding diaryl/α,β-unsaturated/α-hetero) is 1. The van der Waals surface area contributed by atoms with Crippen molar-refractivity contribution < 1.29 is 9.72 Å². The molecule has 0 amide bonds. The van der Waals surface area contributed by atoms with Crippen molar-refractivity contribution >= 4 is 40.6 Å². The van der Waals surface area contributed by atoms with Crippen molar-refractivity contribution in [1.82, 2.24) is 4.98 Å². The van der Waals surface area contributed by atoms with Crippen LogP contribution < -0.4 is 19.7 Å². The molecule has 1 aromatic heterocycles. The molecule has 148 valence electrons. The predicted molar refractivity (Wildman–Crippen MR) is 115 cm³/mol. The number of ketones is 1. The standard InChI is InChI=1S/C21H19N3O4S/c1-13-6-4-5-7-15(13)18(25)12-20-22-21(26)19(29-20)11-14-8-9-16(23(2)3)17(10-14)24(27)28/h4-12H,1-3H3,(H,22,26)/b19-11-,20-12-.